The lowest BCUT2D eigenvalue weighted by molar-refractivity contribution is 0.514. The van der Waals surface area contributed by atoms with E-state index in [1.54, 1.807) is 0 Å². The van der Waals surface area contributed by atoms with Crippen LogP contribution in [0.2, 0.25) is 0 Å². The molecule has 1 unspecified atom stereocenters. The lowest BCUT2D eigenvalue weighted by atomic mass is 9.74. The van der Waals surface area contributed by atoms with E-state index < -0.39 is 0 Å². The summed E-state index contributed by atoms with van der Waals surface area (Å²) >= 11 is 0. The van der Waals surface area contributed by atoms with E-state index >= 15 is 0 Å². The van der Waals surface area contributed by atoms with Crippen LogP contribution in [0.5, 0.6) is 0 Å². The highest BCUT2D eigenvalue weighted by molar-refractivity contribution is 5.47. The van der Waals surface area contributed by atoms with Gasteiger partial charge in [0.15, 0.2) is 0 Å². The molecule has 0 saturated carbocycles. The molecule has 20 heavy (non-hydrogen) atoms. The first kappa shape index (κ1) is 13.1. The van der Waals surface area contributed by atoms with E-state index in [1.807, 2.05) is 0 Å². The molecule has 3 rings (SSSR count). The molecule has 0 fully saturated rings. The van der Waals surface area contributed by atoms with Crippen molar-refractivity contribution in [2.45, 2.75) is 24.8 Å². The Kier molecular flexibility index (Phi) is 3.70. The molecule has 0 aliphatic heterocycles. The Hall–Kier alpha value is -1.86. The molecule has 0 heterocycles. The van der Waals surface area contributed by atoms with Crippen LogP contribution in [0, 0.1) is 0 Å². The summed E-state index contributed by atoms with van der Waals surface area (Å²) in [4.78, 5) is 0. The van der Waals surface area contributed by atoms with Gasteiger partial charge in [-0.25, -0.2) is 0 Å². The molecule has 1 aliphatic carbocycles. The highest BCUT2D eigenvalue weighted by Crippen LogP contribution is 2.41. The Labute approximate surface area is 121 Å². The van der Waals surface area contributed by atoms with Gasteiger partial charge in [0.05, 0.1) is 0 Å². The van der Waals surface area contributed by atoms with Gasteiger partial charge in [-0.15, -0.1) is 0 Å². The van der Waals surface area contributed by atoms with Gasteiger partial charge < -0.3 is 5.32 Å². The largest absolute Gasteiger partial charge is 0.311 e. The van der Waals surface area contributed by atoms with Gasteiger partial charge in [-0.3, -0.25) is 0 Å². The van der Waals surface area contributed by atoms with Crippen LogP contribution in [-0.2, 0) is 5.41 Å². The number of allylic oxidation sites excluding steroid dienone is 1. The van der Waals surface area contributed by atoms with E-state index in [4.69, 9.17) is 0 Å². The third kappa shape index (κ3) is 2.30. The van der Waals surface area contributed by atoms with Gasteiger partial charge in [-0.1, -0.05) is 79.7 Å². The molecule has 0 spiro atoms. The fourth-order valence-corrected chi connectivity index (χ4v) is 3.23. The normalized spacial score (nSPS) is 20.1. The molecule has 0 radical (unpaired) electrons. The van der Waals surface area contributed by atoms with Crippen molar-refractivity contribution in [1.29, 1.82) is 0 Å². The molecule has 0 amide bonds. The summed E-state index contributed by atoms with van der Waals surface area (Å²) in [5.41, 5.74) is 2.76. The first-order chi connectivity index (χ1) is 9.85. The van der Waals surface area contributed by atoms with E-state index in [2.05, 4.69) is 85.1 Å². The zero-order valence-corrected chi connectivity index (χ0v) is 11.9. The number of hydrogen-bond acceptors (Lipinski definition) is 1. The third-order valence-electron chi connectivity index (χ3n) is 4.20. The van der Waals surface area contributed by atoms with Crippen molar-refractivity contribution >= 4 is 0 Å². The fourth-order valence-electron chi connectivity index (χ4n) is 3.23. The Balaban J connectivity index is 2.04. The van der Waals surface area contributed by atoms with Gasteiger partial charge in [0, 0.05) is 11.5 Å². The minimum absolute atomic E-state index is 0.00928. The van der Waals surface area contributed by atoms with Gasteiger partial charge in [0.25, 0.3) is 0 Å². The summed E-state index contributed by atoms with van der Waals surface area (Å²) in [6.07, 6.45) is 5.80. The van der Waals surface area contributed by atoms with Crippen molar-refractivity contribution < 1.29 is 0 Å². The van der Waals surface area contributed by atoms with Crippen LogP contribution in [0.4, 0.5) is 0 Å². The van der Waals surface area contributed by atoms with Crippen molar-refractivity contribution in [2.75, 3.05) is 6.54 Å². The number of nitrogens with one attached hydrogen (secondary N) is 1. The Morgan fingerprint density at radius 1 is 0.950 bits per heavy atom. The van der Waals surface area contributed by atoms with Crippen LogP contribution in [0.25, 0.3) is 0 Å². The topological polar surface area (TPSA) is 12.0 Å². The average Bonchev–Trinajstić information content (AvgIpc) is 2.95. The molecule has 1 heteroatoms. The van der Waals surface area contributed by atoms with Crippen molar-refractivity contribution in [1.82, 2.24) is 5.32 Å². The van der Waals surface area contributed by atoms with Gasteiger partial charge in [0.2, 0.25) is 0 Å². The number of likely N-dealkylation sites (N-methyl/N-ethyl adjacent to an activating group) is 1. The van der Waals surface area contributed by atoms with E-state index in [-0.39, 0.29) is 5.41 Å². The van der Waals surface area contributed by atoms with E-state index in [0.29, 0.717) is 6.04 Å². The maximum Gasteiger partial charge on any atom is 0.0400 e. The molecule has 102 valence electrons. The van der Waals surface area contributed by atoms with Gasteiger partial charge in [-0.2, -0.15) is 0 Å². The van der Waals surface area contributed by atoms with E-state index in [1.165, 1.54) is 11.1 Å². The smallest absolute Gasteiger partial charge is 0.0400 e. The van der Waals surface area contributed by atoms with Crippen molar-refractivity contribution in [3.63, 3.8) is 0 Å². The highest BCUT2D eigenvalue weighted by atomic mass is 14.9. The summed E-state index contributed by atoms with van der Waals surface area (Å²) in [6, 6.07) is 22.1. The Morgan fingerprint density at radius 2 is 1.50 bits per heavy atom. The molecule has 2 aromatic carbocycles. The molecule has 1 aliphatic rings. The summed E-state index contributed by atoms with van der Waals surface area (Å²) in [5.74, 6) is 0. The average molecular weight is 263 g/mol. The second kappa shape index (κ2) is 5.64. The minimum Gasteiger partial charge on any atom is -0.311 e. The molecule has 0 aromatic heterocycles. The Bertz CT molecular complexity index is 532. The summed E-state index contributed by atoms with van der Waals surface area (Å²) in [6.45, 7) is 3.17. The van der Waals surface area contributed by atoms with Crippen molar-refractivity contribution in [3.8, 4) is 0 Å². The second-order valence-electron chi connectivity index (χ2n) is 5.43. The molecule has 1 atom stereocenters. The van der Waals surface area contributed by atoms with Crippen LogP contribution >= 0.6 is 0 Å². The molecular formula is C19H21N. The van der Waals surface area contributed by atoms with Gasteiger partial charge in [0.1, 0.15) is 0 Å². The molecule has 2 aromatic rings. The Morgan fingerprint density at radius 3 is 2.00 bits per heavy atom. The van der Waals surface area contributed by atoms with Crippen LogP contribution in [-0.4, -0.2) is 12.6 Å². The first-order valence-corrected chi connectivity index (χ1v) is 7.39. The standard InChI is InChI=1S/C19H21N/c1-2-20-18-13-14-19(15-18,16-9-5-3-6-10-16)17-11-7-4-8-12-17/h3-14,18,20H,2,15H2,1H3. The number of hydrogen-bond donors (Lipinski definition) is 1. The summed E-state index contributed by atoms with van der Waals surface area (Å²) < 4.78 is 0. The molecule has 0 saturated heterocycles. The van der Waals surface area contributed by atoms with Crippen LogP contribution < -0.4 is 5.32 Å². The SMILES string of the molecule is CCNC1C=CC(c2ccccc2)(c2ccccc2)C1. The van der Waals surface area contributed by atoms with Gasteiger partial charge >= 0.3 is 0 Å². The summed E-state index contributed by atoms with van der Waals surface area (Å²) in [5, 5.41) is 3.55. The first-order valence-electron chi connectivity index (χ1n) is 7.39. The van der Waals surface area contributed by atoms with Crippen LogP contribution in [0.1, 0.15) is 24.5 Å². The monoisotopic (exact) mass is 263 g/mol. The van der Waals surface area contributed by atoms with E-state index in [0.717, 1.165) is 13.0 Å². The third-order valence-corrected chi connectivity index (χ3v) is 4.20. The zero-order valence-electron chi connectivity index (χ0n) is 11.9. The minimum atomic E-state index is 0.00928. The lowest BCUT2D eigenvalue weighted by Crippen LogP contribution is -2.31. The predicted octanol–water partition coefficient (Wildman–Crippen LogP) is 3.91. The molecule has 1 N–H and O–H groups in total. The van der Waals surface area contributed by atoms with Gasteiger partial charge in [-0.05, 0) is 24.1 Å². The summed E-state index contributed by atoms with van der Waals surface area (Å²) in [7, 11) is 0. The van der Waals surface area contributed by atoms with E-state index in [9.17, 15) is 0 Å². The fraction of sp³-hybridized carbons (Fsp3) is 0.263. The number of benzene rings is 2. The quantitative estimate of drug-likeness (QED) is 0.825. The van der Waals surface area contributed by atoms with Crippen molar-refractivity contribution in [2.24, 2.45) is 0 Å². The maximum absolute atomic E-state index is 3.55. The second-order valence-corrected chi connectivity index (χ2v) is 5.43. The predicted molar refractivity (Wildman–Crippen MR) is 84.9 cm³/mol. The van der Waals surface area contributed by atoms with Crippen LogP contribution in [0.3, 0.4) is 0 Å². The molecule has 1 nitrogen and oxygen atoms in total. The number of rotatable bonds is 4. The lowest BCUT2D eigenvalue weighted by Gasteiger charge is -2.30. The van der Waals surface area contributed by atoms with Crippen LogP contribution in [0.15, 0.2) is 72.8 Å². The molecule has 0 bridgehead atoms. The molecular weight excluding hydrogens is 242 g/mol. The van der Waals surface area contributed by atoms with Crippen molar-refractivity contribution in [3.05, 3.63) is 83.9 Å². The maximum atomic E-state index is 3.55. The highest BCUT2D eigenvalue weighted by Gasteiger charge is 2.37. The zero-order chi connectivity index (χ0) is 13.8.